The van der Waals surface area contributed by atoms with Gasteiger partial charge in [-0.2, -0.15) is 11.8 Å². The monoisotopic (exact) mass is 196 g/mol. The van der Waals surface area contributed by atoms with Crippen molar-refractivity contribution in [2.24, 2.45) is 0 Å². The third kappa shape index (κ3) is 7.24. The summed E-state index contributed by atoms with van der Waals surface area (Å²) in [7, 11) is 1.11. The van der Waals surface area contributed by atoms with E-state index in [-0.39, 0.29) is 0 Å². The molecule has 0 nitrogen and oxygen atoms in total. The zero-order chi connectivity index (χ0) is 7.82. The minimum absolute atomic E-state index is 0.871. The second-order valence-corrected chi connectivity index (χ2v) is 7.16. The van der Waals surface area contributed by atoms with Crippen molar-refractivity contribution in [2.75, 3.05) is 11.2 Å². The molecule has 0 N–H and O–H groups in total. The zero-order valence-electron chi connectivity index (χ0n) is 7.02. The maximum atomic E-state index is 2.31. The molecule has 0 spiro atoms. The highest BCUT2D eigenvalue weighted by Gasteiger charge is 1.96. The molecule has 0 aromatic rings. The molecule has 0 saturated heterocycles. The lowest BCUT2D eigenvalue weighted by Crippen LogP contribution is -1.87. The first-order valence-corrected chi connectivity index (χ1v) is 7.74. The molecule has 0 aromatic carbocycles. The summed E-state index contributed by atoms with van der Waals surface area (Å²) in [5.74, 6) is 1.27. The van der Waals surface area contributed by atoms with Gasteiger partial charge in [0.15, 0.2) is 0 Å². The van der Waals surface area contributed by atoms with Gasteiger partial charge in [-0.05, 0) is 12.2 Å². The average Bonchev–Trinajstić information content (AvgIpc) is 1.98. The van der Waals surface area contributed by atoms with E-state index < -0.39 is 0 Å². The fraction of sp³-hybridized carbons (Fsp3) is 1.00. The number of rotatable bonds is 6. The van der Waals surface area contributed by atoms with E-state index in [0.717, 1.165) is 13.0 Å². The van der Waals surface area contributed by atoms with Crippen LogP contribution in [0.4, 0.5) is 0 Å². The first-order valence-electron chi connectivity index (χ1n) is 3.77. The molecule has 0 saturated carbocycles. The molecular weight excluding hydrogens is 179 g/mol. The Morgan fingerprint density at radius 3 is 2.60 bits per heavy atom. The van der Waals surface area contributed by atoms with E-state index >= 15 is 0 Å². The average molecular weight is 196 g/mol. The van der Waals surface area contributed by atoms with Crippen LogP contribution in [0.25, 0.3) is 0 Å². The van der Waals surface area contributed by atoms with E-state index in [9.17, 15) is 0 Å². The Kier molecular flexibility index (Phi) is 9.16. The SMILES string of the molecule is CCSCPSC(C)CC. The Morgan fingerprint density at radius 2 is 2.10 bits per heavy atom. The summed E-state index contributed by atoms with van der Waals surface area (Å²) < 4.78 is 0. The van der Waals surface area contributed by atoms with Crippen LogP contribution in [0.2, 0.25) is 0 Å². The van der Waals surface area contributed by atoms with Crippen LogP contribution in [0.1, 0.15) is 27.2 Å². The van der Waals surface area contributed by atoms with Crippen LogP contribution < -0.4 is 0 Å². The highest BCUT2D eigenvalue weighted by molar-refractivity contribution is 8.51. The number of thioether (sulfide) groups is 1. The van der Waals surface area contributed by atoms with E-state index in [1.807, 2.05) is 0 Å². The molecule has 0 bridgehead atoms. The van der Waals surface area contributed by atoms with Crippen molar-refractivity contribution in [3.05, 3.63) is 0 Å². The van der Waals surface area contributed by atoms with Crippen LogP contribution in [0.15, 0.2) is 0 Å². The first-order chi connectivity index (χ1) is 4.81. The van der Waals surface area contributed by atoms with Crippen LogP contribution in [0.5, 0.6) is 0 Å². The Labute approximate surface area is 74.8 Å². The lowest BCUT2D eigenvalue weighted by Gasteiger charge is -2.06. The molecule has 0 radical (unpaired) electrons. The molecule has 0 aliphatic heterocycles. The minimum atomic E-state index is 0.871. The van der Waals surface area contributed by atoms with Crippen molar-refractivity contribution in [1.29, 1.82) is 0 Å². The van der Waals surface area contributed by atoms with E-state index in [1.165, 1.54) is 17.7 Å². The van der Waals surface area contributed by atoms with Crippen molar-refractivity contribution < 1.29 is 0 Å². The predicted octanol–water partition coefficient (Wildman–Crippen LogP) is 3.82. The lowest BCUT2D eigenvalue weighted by atomic mass is 10.4. The van der Waals surface area contributed by atoms with Crippen molar-refractivity contribution >= 4 is 30.9 Å². The third-order valence-corrected chi connectivity index (χ3v) is 6.59. The van der Waals surface area contributed by atoms with Gasteiger partial charge in [0.05, 0.1) is 0 Å². The van der Waals surface area contributed by atoms with Gasteiger partial charge in [0.2, 0.25) is 0 Å². The molecule has 0 aliphatic rings. The van der Waals surface area contributed by atoms with E-state index in [2.05, 4.69) is 43.9 Å². The highest BCUT2D eigenvalue weighted by Crippen LogP contribution is 2.37. The second kappa shape index (κ2) is 8.23. The van der Waals surface area contributed by atoms with Crippen molar-refractivity contribution in [1.82, 2.24) is 0 Å². The Morgan fingerprint density at radius 1 is 1.40 bits per heavy atom. The van der Waals surface area contributed by atoms with Crippen LogP contribution in [0.3, 0.4) is 0 Å². The lowest BCUT2D eigenvalue weighted by molar-refractivity contribution is 0.912. The van der Waals surface area contributed by atoms with Gasteiger partial charge in [0.25, 0.3) is 0 Å². The standard InChI is InChI=1S/C7H17PS2/c1-4-7(3)10-8-6-9-5-2/h7-8H,4-6H2,1-3H3. The zero-order valence-corrected chi connectivity index (χ0v) is 9.65. The minimum Gasteiger partial charge on any atom is -0.157 e. The van der Waals surface area contributed by atoms with Crippen molar-refractivity contribution in [3.8, 4) is 0 Å². The van der Waals surface area contributed by atoms with Gasteiger partial charge < -0.3 is 0 Å². The molecule has 2 unspecified atom stereocenters. The summed E-state index contributed by atoms with van der Waals surface area (Å²) in [6, 6.07) is 0. The van der Waals surface area contributed by atoms with E-state index in [0.29, 0.717) is 0 Å². The van der Waals surface area contributed by atoms with Crippen LogP contribution >= 0.6 is 30.9 Å². The molecule has 62 valence electrons. The predicted molar refractivity (Wildman–Crippen MR) is 58.7 cm³/mol. The molecule has 0 rings (SSSR count). The molecule has 0 aromatic heterocycles. The van der Waals surface area contributed by atoms with Crippen LogP contribution in [-0.2, 0) is 0 Å². The summed E-state index contributed by atoms with van der Waals surface area (Å²) in [5, 5.41) is 0.871. The van der Waals surface area contributed by atoms with Crippen LogP contribution in [0, 0.1) is 0 Å². The molecule has 3 heteroatoms. The van der Waals surface area contributed by atoms with Crippen LogP contribution in [-0.4, -0.2) is 16.5 Å². The fourth-order valence-corrected chi connectivity index (χ4v) is 4.99. The summed E-state index contributed by atoms with van der Waals surface area (Å²) >= 11 is 4.18. The quantitative estimate of drug-likeness (QED) is 0.468. The molecule has 0 heterocycles. The molecule has 0 fully saturated rings. The Balaban J connectivity index is 2.89. The van der Waals surface area contributed by atoms with Gasteiger partial charge in [0.1, 0.15) is 0 Å². The normalized spacial score (nSPS) is 14.7. The second-order valence-electron chi connectivity index (χ2n) is 2.12. The Hall–Kier alpha value is 1.13. The molecule has 0 amide bonds. The highest BCUT2D eigenvalue weighted by atomic mass is 32.7. The Bertz CT molecular complexity index is 68.6. The summed E-state index contributed by atoms with van der Waals surface area (Å²) in [6.45, 7) is 6.80. The molecule has 2 atom stereocenters. The van der Waals surface area contributed by atoms with Gasteiger partial charge in [-0.1, -0.05) is 28.6 Å². The molecular formula is C7H17PS2. The fourth-order valence-electron chi connectivity index (χ4n) is 0.403. The van der Waals surface area contributed by atoms with Gasteiger partial charge in [-0.15, -0.1) is 11.4 Å². The third-order valence-electron chi connectivity index (χ3n) is 1.22. The summed E-state index contributed by atoms with van der Waals surface area (Å²) in [5.41, 5.74) is 1.35. The maximum Gasteiger partial charge on any atom is 0.0201 e. The van der Waals surface area contributed by atoms with E-state index in [4.69, 9.17) is 0 Å². The van der Waals surface area contributed by atoms with Crippen molar-refractivity contribution in [2.45, 2.75) is 32.4 Å². The largest absolute Gasteiger partial charge is 0.157 e. The smallest absolute Gasteiger partial charge is 0.0201 e. The van der Waals surface area contributed by atoms with E-state index in [1.54, 1.807) is 0 Å². The van der Waals surface area contributed by atoms with Gasteiger partial charge in [-0.25, -0.2) is 0 Å². The van der Waals surface area contributed by atoms with Crippen molar-refractivity contribution in [3.63, 3.8) is 0 Å². The number of hydrogen-bond acceptors (Lipinski definition) is 2. The first kappa shape index (κ1) is 11.1. The summed E-state index contributed by atoms with van der Waals surface area (Å²) in [4.78, 5) is 0. The maximum absolute atomic E-state index is 2.31. The van der Waals surface area contributed by atoms with Gasteiger partial charge >= 0.3 is 0 Å². The van der Waals surface area contributed by atoms with Gasteiger partial charge in [0, 0.05) is 10.7 Å². The number of hydrogen-bond donors (Lipinski definition) is 0. The topological polar surface area (TPSA) is 0 Å². The summed E-state index contributed by atoms with van der Waals surface area (Å²) in [6.07, 6.45) is 1.31. The van der Waals surface area contributed by atoms with Gasteiger partial charge in [-0.3, -0.25) is 0 Å². The molecule has 10 heavy (non-hydrogen) atoms. The molecule has 0 aliphatic carbocycles.